The Morgan fingerprint density at radius 1 is 0.912 bits per heavy atom. The Kier molecular flexibility index (Phi) is 8.35. The third kappa shape index (κ3) is 5.97. The molecule has 0 saturated carbocycles. The fraction of sp³-hybridized carbons (Fsp3) is 0.286. The van der Waals surface area contributed by atoms with Crippen molar-refractivity contribution in [1.82, 2.24) is 4.90 Å². The molecule has 1 N–H and O–H groups in total. The molecule has 0 fully saturated rings. The largest absolute Gasteiger partial charge is 0.377 e. The molecule has 0 heterocycles. The smallest absolute Gasteiger partial charge is 0.257 e. The molecule has 3 aromatic rings. The number of amides is 2. The van der Waals surface area contributed by atoms with E-state index in [0.717, 1.165) is 16.8 Å². The van der Waals surface area contributed by atoms with E-state index in [9.17, 15) is 9.59 Å². The lowest BCUT2D eigenvalue weighted by atomic mass is 10.0. The number of anilines is 2. The van der Waals surface area contributed by atoms with Crippen molar-refractivity contribution < 1.29 is 9.59 Å². The number of hydrogen-bond donors (Lipinski definition) is 1. The Bertz CT molecular complexity index is 1150. The fourth-order valence-corrected chi connectivity index (χ4v) is 4.12. The van der Waals surface area contributed by atoms with Crippen LogP contribution in [0.4, 0.5) is 11.4 Å². The molecule has 0 radical (unpaired) electrons. The molecule has 3 aromatic carbocycles. The van der Waals surface area contributed by atoms with Crippen molar-refractivity contribution >= 4 is 34.8 Å². The molecule has 0 spiro atoms. The summed E-state index contributed by atoms with van der Waals surface area (Å²) in [7, 11) is 3.94. The first-order chi connectivity index (χ1) is 16.2. The average Bonchev–Trinajstić information content (AvgIpc) is 2.82. The van der Waals surface area contributed by atoms with Crippen molar-refractivity contribution in [1.29, 1.82) is 0 Å². The lowest BCUT2D eigenvalue weighted by Crippen LogP contribution is -2.36. The number of benzene rings is 3. The lowest BCUT2D eigenvalue weighted by Gasteiger charge is -2.33. The van der Waals surface area contributed by atoms with Crippen LogP contribution in [-0.2, 0) is 11.3 Å². The van der Waals surface area contributed by atoms with E-state index in [1.807, 2.05) is 93.2 Å². The Morgan fingerprint density at radius 3 is 2.18 bits per heavy atom. The zero-order valence-electron chi connectivity index (χ0n) is 20.4. The predicted octanol–water partition coefficient (Wildman–Crippen LogP) is 6.40. The molecule has 6 heteroatoms. The van der Waals surface area contributed by atoms with Crippen LogP contribution >= 0.6 is 11.6 Å². The maximum atomic E-state index is 13.3. The quantitative estimate of drug-likeness (QED) is 0.408. The number of nitrogens with zero attached hydrogens (tertiary/aromatic N) is 2. The molecule has 0 aliphatic rings. The van der Waals surface area contributed by atoms with Gasteiger partial charge in [-0.05, 0) is 48.4 Å². The summed E-state index contributed by atoms with van der Waals surface area (Å²) in [5.74, 6) is -0.342. The molecule has 1 atom stereocenters. The highest BCUT2D eigenvalue weighted by molar-refractivity contribution is 6.34. The first kappa shape index (κ1) is 25.3. The number of halogens is 1. The maximum Gasteiger partial charge on any atom is 0.257 e. The number of carbonyl (C=O) groups excluding carboxylic acids is 2. The van der Waals surface area contributed by atoms with Gasteiger partial charge < -0.3 is 15.1 Å². The molecule has 5 nitrogen and oxygen atoms in total. The van der Waals surface area contributed by atoms with Crippen LogP contribution in [0.3, 0.4) is 0 Å². The molecular weight excluding hydrogens is 446 g/mol. The van der Waals surface area contributed by atoms with E-state index >= 15 is 0 Å². The predicted molar refractivity (Wildman–Crippen MR) is 140 cm³/mol. The molecule has 3 rings (SSSR count). The molecule has 0 aliphatic heterocycles. The van der Waals surface area contributed by atoms with Gasteiger partial charge in [0.15, 0.2) is 0 Å². The second-order valence-corrected chi connectivity index (χ2v) is 9.29. The van der Waals surface area contributed by atoms with Crippen LogP contribution in [0.1, 0.15) is 48.3 Å². The third-order valence-electron chi connectivity index (χ3n) is 5.80. The van der Waals surface area contributed by atoms with Gasteiger partial charge in [-0.2, -0.15) is 0 Å². The summed E-state index contributed by atoms with van der Waals surface area (Å²) in [5.41, 5.74) is 4.06. The SMILES string of the molecule is CC(C)C(=O)N(Cc1cc(NC(=O)c2ccccc2Cl)ccc1N(C)C)[C@H](C)c1ccccc1. The standard InChI is InChI=1S/C28H32ClN3O2/c1-19(2)28(34)32(20(3)21-11-7-6-8-12-21)18-22-17-23(15-16-26(22)31(4)5)30-27(33)24-13-9-10-14-25(24)29/h6-17,19-20H,18H2,1-5H3,(H,30,33)/t20-/m1/s1. The molecule has 0 saturated heterocycles. The third-order valence-corrected chi connectivity index (χ3v) is 6.13. The van der Waals surface area contributed by atoms with Crippen LogP contribution in [0.15, 0.2) is 72.8 Å². The number of carbonyl (C=O) groups is 2. The molecule has 0 aromatic heterocycles. The van der Waals surface area contributed by atoms with Gasteiger partial charge in [0, 0.05) is 37.9 Å². The lowest BCUT2D eigenvalue weighted by molar-refractivity contribution is -0.137. The van der Waals surface area contributed by atoms with Gasteiger partial charge in [-0.15, -0.1) is 0 Å². The van der Waals surface area contributed by atoms with Crippen molar-refractivity contribution in [3.8, 4) is 0 Å². The Hall–Kier alpha value is -3.31. The van der Waals surface area contributed by atoms with E-state index in [0.29, 0.717) is 22.8 Å². The first-order valence-corrected chi connectivity index (χ1v) is 11.8. The van der Waals surface area contributed by atoms with Crippen LogP contribution in [0.25, 0.3) is 0 Å². The van der Waals surface area contributed by atoms with E-state index in [-0.39, 0.29) is 23.8 Å². The van der Waals surface area contributed by atoms with E-state index in [4.69, 9.17) is 11.6 Å². The van der Waals surface area contributed by atoms with E-state index < -0.39 is 0 Å². The van der Waals surface area contributed by atoms with E-state index in [1.54, 1.807) is 24.3 Å². The Labute approximate surface area is 207 Å². The summed E-state index contributed by atoms with van der Waals surface area (Å²) >= 11 is 6.20. The summed E-state index contributed by atoms with van der Waals surface area (Å²) < 4.78 is 0. The molecule has 34 heavy (non-hydrogen) atoms. The minimum Gasteiger partial charge on any atom is -0.377 e. The average molecular weight is 478 g/mol. The Morgan fingerprint density at radius 2 is 1.56 bits per heavy atom. The topological polar surface area (TPSA) is 52.7 Å². The monoisotopic (exact) mass is 477 g/mol. The van der Waals surface area contributed by atoms with Crippen LogP contribution in [0.2, 0.25) is 5.02 Å². The van der Waals surface area contributed by atoms with Gasteiger partial charge in [0.2, 0.25) is 5.91 Å². The van der Waals surface area contributed by atoms with Crippen molar-refractivity contribution in [2.75, 3.05) is 24.3 Å². The van der Waals surface area contributed by atoms with Crippen LogP contribution < -0.4 is 10.2 Å². The molecule has 2 amide bonds. The van der Waals surface area contributed by atoms with Gasteiger partial charge in [-0.3, -0.25) is 9.59 Å². The highest BCUT2D eigenvalue weighted by Gasteiger charge is 2.25. The van der Waals surface area contributed by atoms with Crippen molar-refractivity contribution in [2.24, 2.45) is 5.92 Å². The summed E-state index contributed by atoms with van der Waals surface area (Å²) in [6, 6.07) is 22.6. The van der Waals surface area contributed by atoms with Crippen molar-refractivity contribution in [2.45, 2.75) is 33.4 Å². The van der Waals surface area contributed by atoms with Crippen LogP contribution in [-0.4, -0.2) is 30.8 Å². The minimum atomic E-state index is -0.276. The highest BCUT2D eigenvalue weighted by atomic mass is 35.5. The van der Waals surface area contributed by atoms with Gasteiger partial charge in [0.05, 0.1) is 16.6 Å². The number of hydrogen-bond acceptors (Lipinski definition) is 3. The van der Waals surface area contributed by atoms with Gasteiger partial charge in [0.1, 0.15) is 0 Å². The normalized spacial score (nSPS) is 11.7. The van der Waals surface area contributed by atoms with E-state index in [2.05, 4.69) is 5.32 Å². The van der Waals surface area contributed by atoms with E-state index in [1.165, 1.54) is 0 Å². The number of rotatable bonds is 8. The van der Waals surface area contributed by atoms with Crippen LogP contribution in [0.5, 0.6) is 0 Å². The molecule has 0 unspecified atom stereocenters. The maximum absolute atomic E-state index is 13.3. The summed E-state index contributed by atoms with van der Waals surface area (Å²) in [4.78, 5) is 30.0. The second-order valence-electron chi connectivity index (χ2n) is 8.88. The van der Waals surface area contributed by atoms with Gasteiger partial charge >= 0.3 is 0 Å². The number of nitrogens with one attached hydrogen (secondary N) is 1. The molecular formula is C28H32ClN3O2. The zero-order valence-corrected chi connectivity index (χ0v) is 21.1. The summed E-state index contributed by atoms with van der Waals surface area (Å²) in [6.45, 7) is 6.30. The summed E-state index contributed by atoms with van der Waals surface area (Å²) in [5, 5.41) is 3.35. The van der Waals surface area contributed by atoms with Gasteiger partial charge in [-0.25, -0.2) is 0 Å². The van der Waals surface area contributed by atoms with Gasteiger partial charge in [0.25, 0.3) is 5.91 Å². The molecule has 0 bridgehead atoms. The zero-order chi connectivity index (χ0) is 24.8. The second kappa shape index (κ2) is 11.2. The van der Waals surface area contributed by atoms with Gasteiger partial charge in [-0.1, -0.05) is 67.9 Å². The molecule has 0 aliphatic carbocycles. The first-order valence-electron chi connectivity index (χ1n) is 11.4. The minimum absolute atomic E-state index is 0.0755. The highest BCUT2D eigenvalue weighted by Crippen LogP contribution is 2.30. The fourth-order valence-electron chi connectivity index (χ4n) is 3.90. The Balaban J connectivity index is 1.95. The molecule has 178 valence electrons. The van der Waals surface area contributed by atoms with Crippen molar-refractivity contribution in [3.05, 3.63) is 94.5 Å². The van der Waals surface area contributed by atoms with Crippen molar-refractivity contribution in [3.63, 3.8) is 0 Å². The van der Waals surface area contributed by atoms with Crippen LogP contribution in [0, 0.1) is 5.92 Å². The summed E-state index contributed by atoms with van der Waals surface area (Å²) in [6.07, 6.45) is 0.